The van der Waals surface area contributed by atoms with Crippen molar-refractivity contribution in [1.29, 1.82) is 0 Å². The lowest BCUT2D eigenvalue weighted by Crippen LogP contribution is -2.16. The number of carbonyl (C=O) groups excluding carboxylic acids is 1. The average Bonchev–Trinajstić information content (AvgIpc) is 2.79. The topological polar surface area (TPSA) is 63.6 Å². The molecule has 0 rings (SSSR count). The number of unbranched alkanes of at least 4 members (excludes halogenated alkanes) is 4. The van der Waals surface area contributed by atoms with Gasteiger partial charge >= 0.3 is 11.9 Å². The van der Waals surface area contributed by atoms with E-state index >= 15 is 0 Å². The molecule has 0 aliphatic carbocycles. The minimum Gasteiger partial charge on any atom is -0.481 e. The lowest BCUT2D eigenvalue weighted by Gasteiger charge is -2.14. The standard InChI is InChI=1S/C29H46O4/c1-3-5-7-9-10-11-12-13-14-15-16-17-18-19-23-27(24-21-22-25-28(30)31)33-29(32)26-20-8-6-4-2/h5,7,10-11,13-14,16-17,19,23,27H,3-4,6,8-9,12,15,18,20-22,24-26H2,1-2H3,(H,30,31)/b7-5-,11-10-,14-13-,17-16-,23-19-. The van der Waals surface area contributed by atoms with Gasteiger partial charge < -0.3 is 9.84 Å². The van der Waals surface area contributed by atoms with E-state index in [2.05, 4.69) is 62.5 Å². The third kappa shape index (κ3) is 24.1. The first-order chi connectivity index (χ1) is 16.1. The monoisotopic (exact) mass is 458 g/mol. The summed E-state index contributed by atoms with van der Waals surface area (Å²) in [6.45, 7) is 4.29. The minimum absolute atomic E-state index is 0.156. The van der Waals surface area contributed by atoms with Gasteiger partial charge in [-0.1, -0.05) is 87.8 Å². The van der Waals surface area contributed by atoms with Gasteiger partial charge in [0.1, 0.15) is 6.10 Å². The second kappa shape index (κ2) is 24.3. The summed E-state index contributed by atoms with van der Waals surface area (Å²) in [6.07, 6.45) is 32.6. The number of esters is 1. The predicted molar refractivity (Wildman–Crippen MR) is 139 cm³/mol. The molecule has 1 N–H and O–H groups in total. The van der Waals surface area contributed by atoms with Crippen LogP contribution in [0.1, 0.15) is 104 Å². The van der Waals surface area contributed by atoms with Gasteiger partial charge in [-0.05, 0) is 63.9 Å². The Hall–Kier alpha value is -2.36. The van der Waals surface area contributed by atoms with E-state index in [1.54, 1.807) is 0 Å². The smallest absolute Gasteiger partial charge is 0.306 e. The Morgan fingerprint density at radius 2 is 1.24 bits per heavy atom. The van der Waals surface area contributed by atoms with Gasteiger partial charge in [0.05, 0.1) is 0 Å². The van der Waals surface area contributed by atoms with E-state index in [0.717, 1.165) is 64.2 Å². The van der Waals surface area contributed by atoms with Gasteiger partial charge in [-0.15, -0.1) is 0 Å². The minimum atomic E-state index is -0.783. The summed E-state index contributed by atoms with van der Waals surface area (Å²) in [5.74, 6) is -0.940. The molecule has 0 spiro atoms. The van der Waals surface area contributed by atoms with Crippen molar-refractivity contribution in [3.05, 3.63) is 60.8 Å². The Morgan fingerprint density at radius 1 is 0.697 bits per heavy atom. The maximum Gasteiger partial charge on any atom is 0.306 e. The molecule has 0 aromatic carbocycles. The summed E-state index contributed by atoms with van der Waals surface area (Å²) < 4.78 is 5.63. The Morgan fingerprint density at radius 3 is 1.79 bits per heavy atom. The molecule has 0 aromatic rings. The van der Waals surface area contributed by atoms with E-state index in [4.69, 9.17) is 9.84 Å². The fourth-order valence-electron chi connectivity index (χ4n) is 3.12. The summed E-state index contributed by atoms with van der Waals surface area (Å²) >= 11 is 0. The zero-order valence-electron chi connectivity index (χ0n) is 20.9. The summed E-state index contributed by atoms with van der Waals surface area (Å²) in [4.78, 5) is 22.8. The fourth-order valence-corrected chi connectivity index (χ4v) is 3.12. The molecule has 0 fully saturated rings. The van der Waals surface area contributed by atoms with E-state index in [-0.39, 0.29) is 18.5 Å². The Bertz CT molecular complexity index is 626. The highest BCUT2D eigenvalue weighted by atomic mass is 16.5. The zero-order chi connectivity index (χ0) is 24.4. The van der Waals surface area contributed by atoms with Crippen LogP contribution in [0.2, 0.25) is 0 Å². The van der Waals surface area contributed by atoms with Crippen LogP contribution < -0.4 is 0 Å². The molecule has 0 bridgehead atoms. The molecule has 0 aromatic heterocycles. The normalized spacial score (nSPS) is 13.3. The van der Waals surface area contributed by atoms with Crippen molar-refractivity contribution in [3.63, 3.8) is 0 Å². The van der Waals surface area contributed by atoms with E-state index in [9.17, 15) is 9.59 Å². The largest absolute Gasteiger partial charge is 0.481 e. The highest BCUT2D eigenvalue weighted by Gasteiger charge is 2.11. The SMILES string of the molecule is CC/C=C\C/C=C\C/C=C\C/C=C\C/C=C\C(CCCCC(=O)O)OC(=O)CCCCCC. The van der Waals surface area contributed by atoms with Crippen molar-refractivity contribution in [3.8, 4) is 0 Å². The van der Waals surface area contributed by atoms with Gasteiger partial charge in [-0.2, -0.15) is 0 Å². The average molecular weight is 459 g/mol. The van der Waals surface area contributed by atoms with Crippen LogP contribution in [-0.2, 0) is 14.3 Å². The van der Waals surface area contributed by atoms with Crippen molar-refractivity contribution in [2.45, 2.75) is 110 Å². The number of carbonyl (C=O) groups is 2. The molecule has 0 amide bonds. The second-order valence-corrected chi connectivity index (χ2v) is 8.14. The molecule has 0 aliphatic rings. The van der Waals surface area contributed by atoms with Crippen molar-refractivity contribution >= 4 is 11.9 Å². The van der Waals surface area contributed by atoms with Crippen LogP contribution in [0, 0.1) is 0 Å². The number of hydrogen-bond acceptors (Lipinski definition) is 3. The van der Waals surface area contributed by atoms with Gasteiger partial charge in [0.2, 0.25) is 0 Å². The van der Waals surface area contributed by atoms with Gasteiger partial charge in [-0.25, -0.2) is 0 Å². The Kier molecular flexibility index (Phi) is 22.5. The summed E-state index contributed by atoms with van der Waals surface area (Å²) in [5.41, 5.74) is 0. The van der Waals surface area contributed by atoms with E-state index in [1.807, 2.05) is 12.2 Å². The van der Waals surface area contributed by atoms with Gasteiger partial charge in [0.25, 0.3) is 0 Å². The molecule has 0 saturated heterocycles. The predicted octanol–water partition coefficient (Wildman–Crippen LogP) is 8.27. The third-order valence-corrected chi connectivity index (χ3v) is 4.99. The van der Waals surface area contributed by atoms with Crippen molar-refractivity contribution in [1.82, 2.24) is 0 Å². The van der Waals surface area contributed by atoms with Crippen LogP contribution in [0.5, 0.6) is 0 Å². The highest BCUT2D eigenvalue weighted by Crippen LogP contribution is 2.12. The van der Waals surface area contributed by atoms with Crippen molar-refractivity contribution < 1.29 is 19.4 Å². The molecule has 0 radical (unpaired) electrons. The molecule has 186 valence electrons. The third-order valence-electron chi connectivity index (χ3n) is 4.99. The lowest BCUT2D eigenvalue weighted by atomic mass is 10.1. The molecular formula is C29H46O4. The van der Waals surface area contributed by atoms with Crippen LogP contribution in [0.15, 0.2) is 60.8 Å². The number of carboxylic acids is 1. The number of rotatable bonds is 21. The maximum atomic E-state index is 12.1. The van der Waals surface area contributed by atoms with Gasteiger partial charge in [0.15, 0.2) is 0 Å². The van der Waals surface area contributed by atoms with Crippen LogP contribution in [0.25, 0.3) is 0 Å². The highest BCUT2D eigenvalue weighted by molar-refractivity contribution is 5.69. The lowest BCUT2D eigenvalue weighted by molar-refractivity contribution is -0.147. The second-order valence-electron chi connectivity index (χ2n) is 8.14. The fraction of sp³-hybridized carbons (Fsp3) is 0.586. The molecular weight excluding hydrogens is 412 g/mol. The summed E-state index contributed by atoms with van der Waals surface area (Å²) in [7, 11) is 0. The summed E-state index contributed by atoms with van der Waals surface area (Å²) in [5, 5.41) is 8.79. The number of allylic oxidation sites excluding steroid dienone is 9. The van der Waals surface area contributed by atoms with Crippen LogP contribution in [0.3, 0.4) is 0 Å². The van der Waals surface area contributed by atoms with Crippen LogP contribution >= 0.6 is 0 Å². The van der Waals surface area contributed by atoms with E-state index < -0.39 is 5.97 Å². The molecule has 33 heavy (non-hydrogen) atoms. The quantitative estimate of drug-likeness (QED) is 0.107. The van der Waals surface area contributed by atoms with Gasteiger partial charge in [0, 0.05) is 12.8 Å². The number of aliphatic carboxylic acids is 1. The number of ether oxygens (including phenoxy) is 1. The van der Waals surface area contributed by atoms with Crippen molar-refractivity contribution in [2.75, 3.05) is 0 Å². The first-order valence-electron chi connectivity index (χ1n) is 12.8. The van der Waals surface area contributed by atoms with Gasteiger partial charge in [-0.3, -0.25) is 9.59 Å². The maximum absolute atomic E-state index is 12.1. The number of carboxylic acid groups (broad SMARTS) is 1. The molecule has 4 heteroatoms. The molecule has 0 heterocycles. The van der Waals surface area contributed by atoms with E-state index in [0.29, 0.717) is 19.3 Å². The van der Waals surface area contributed by atoms with Crippen LogP contribution in [0.4, 0.5) is 0 Å². The molecule has 1 unspecified atom stereocenters. The zero-order valence-corrected chi connectivity index (χ0v) is 20.9. The first kappa shape index (κ1) is 30.6. The summed E-state index contributed by atoms with van der Waals surface area (Å²) in [6, 6.07) is 0. The Labute approximate surface area is 202 Å². The van der Waals surface area contributed by atoms with Crippen LogP contribution in [-0.4, -0.2) is 23.1 Å². The van der Waals surface area contributed by atoms with E-state index in [1.165, 1.54) is 0 Å². The molecule has 4 nitrogen and oxygen atoms in total. The molecule has 1 atom stereocenters. The number of hydrogen-bond donors (Lipinski definition) is 1. The Balaban J connectivity index is 4.27. The van der Waals surface area contributed by atoms with Crippen molar-refractivity contribution in [2.24, 2.45) is 0 Å². The molecule has 0 aliphatic heterocycles. The molecule has 0 saturated carbocycles. The first-order valence-corrected chi connectivity index (χ1v) is 12.8.